The Bertz CT molecular complexity index is 1620. The van der Waals surface area contributed by atoms with Crippen LogP contribution >= 0.6 is 27.3 Å². The molecular formula is C26H16BrF7N2O3S. The van der Waals surface area contributed by atoms with Crippen LogP contribution < -0.4 is 15.4 Å². The number of carbonyl (C=O) groups excluding carboxylic acids is 2. The summed E-state index contributed by atoms with van der Waals surface area (Å²) in [5.41, 5.74) is -2.74. The highest BCUT2D eigenvalue weighted by atomic mass is 79.9. The predicted octanol–water partition coefficient (Wildman–Crippen LogP) is 8.28. The molecule has 3 aromatic carbocycles. The number of alkyl halides is 6. The Balaban J connectivity index is 1.71. The van der Waals surface area contributed by atoms with Gasteiger partial charge in [0, 0.05) is 25.1 Å². The SMILES string of the molecule is COc1ccc(Br)cc1C(=O)Nc1c(CC(=O)Nc2ccc(F)c(C(F)(F)F)c2)sc2cc(C(F)(F)F)ccc12. The fourth-order valence-corrected chi connectivity index (χ4v) is 5.35. The van der Waals surface area contributed by atoms with E-state index in [9.17, 15) is 40.3 Å². The van der Waals surface area contributed by atoms with E-state index in [4.69, 9.17) is 4.74 Å². The first-order valence-electron chi connectivity index (χ1n) is 11.1. The van der Waals surface area contributed by atoms with E-state index in [1.165, 1.54) is 19.2 Å². The molecule has 4 rings (SSSR count). The Hall–Kier alpha value is -3.65. The number of hydrogen-bond acceptors (Lipinski definition) is 4. The summed E-state index contributed by atoms with van der Waals surface area (Å²) in [5.74, 6) is -2.86. The molecule has 0 fully saturated rings. The van der Waals surface area contributed by atoms with Gasteiger partial charge in [-0.25, -0.2) is 4.39 Å². The lowest BCUT2D eigenvalue weighted by atomic mass is 10.1. The fourth-order valence-electron chi connectivity index (χ4n) is 3.79. The number of thiophene rings is 1. The number of hydrogen-bond donors (Lipinski definition) is 2. The fraction of sp³-hybridized carbons (Fsp3) is 0.154. The molecule has 0 bridgehead atoms. The zero-order valence-electron chi connectivity index (χ0n) is 20.1. The van der Waals surface area contributed by atoms with E-state index in [1.807, 2.05) is 0 Å². The highest BCUT2D eigenvalue weighted by Gasteiger charge is 2.34. The van der Waals surface area contributed by atoms with Gasteiger partial charge in [-0.1, -0.05) is 22.0 Å². The molecule has 0 saturated carbocycles. The highest BCUT2D eigenvalue weighted by Crippen LogP contribution is 2.41. The van der Waals surface area contributed by atoms with Crippen LogP contribution in [0.5, 0.6) is 5.75 Å². The lowest BCUT2D eigenvalue weighted by molar-refractivity contribution is -0.140. The summed E-state index contributed by atoms with van der Waals surface area (Å²) in [7, 11) is 1.34. The van der Waals surface area contributed by atoms with Crippen LogP contribution in [0.2, 0.25) is 0 Å². The summed E-state index contributed by atoms with van der Waals surface area (Å²) in [6.07, 6.45) is -10.2. The standard InChI is InChI=1S/C26H16BrF7N2O3S/c1-39-19-7-3-13(27)9-16(19)24(38)36-23-15-5-2-12(25(29,30)31)8-20(15)40-21(23)11-22(37)35-14-4-6-18(28)17(10-14)26(32,33)34/h2-10H,11H2,1H3,(H,35,37)(H,36,38). The lowest BCUT2D eigenvalue weighted by Gasteiger charge is -2.12. The van der Waals surface area contributed by atoms with Crippen molar-refractivity contribution in [3.05, 3.63) is 86.5 Å². The van der Waals surface area contributed by atoms with Crippen molar-refractivity contribution in [3.8, 4) is 5.75 Å². The van der Waals surface area contributed by atoms with Gasteiger partial charge >= 0.3 is 12.4 Å². The normalized spacial score (nSPS) is 11.9. The Morgan fingerprint density at radius 2 is 1.65 bits per heavy atom. The molecule has 0 spiro atoms. The molecule has 5 nitrogen and oxygen atoms in total. The molecule has 210 valence electrons. The summed E-state index contributed by atoms with van der Waals surface area (Å²) in [6, 6.07) is 9.37. The number of anilines is 2. The molecule has 40 heavy (non-hydrogen) atoms. The van der Waals surface area contributed by atoms with Gasteiger partial charge < -0.3 is 15.4 Å². The minimum absolute atomic E-state index is 0.0472. The monoisotopic (exact) mass is 648 g/mol. The van der Waals surface area contributed by atoms with Gasteiger partial charge in [-0.15, -0.1) is 11.3 Å². The molecule has 0 aliphatic heterocycles. The van der Waals surface area contributed by atoms with Gasteiger partial charge in [0.2, 0.25) is 5.91 Å². The molecule has 0 atom stereocenters. The molecule has 0 saturated heterocycles. The molecule has 1 heterocycles. The molecule has 0 aliphatic carbocycles. The van der Waals surface area contributed by atoms with Crippen LogP contribution in [-0.2, 0) is 23.6 Å². The number of halogens is 8. The molecular weight excluding hydrogens is 633 g/mol. The van der Waals surface area contributed by atoms with Crippen molar-refractivity contribution in [3.63, 3.8) is 0 Å². The van der Waals surface area contributed by atoms with E-state index in [0.29, 0.717) is 16.6 Å². The molecule has 0 unspecified atom stereocenters. The maximum atomic E-state index is 13.6. The number of methoxy groups -OCH3 is 1. The van der Waals surface area contributed by atoms with Gasteiger partial charge in [0.1, 0.15) is 11.6 Å². The van der Waals surface area contributed by atoms with Crippen LogP contribution in [0.1, 0.15) is 26.4 Å². The summed E-state index contributed by atoms with van der Waals surface area (Å²) in [6.45, 7) is 0. The van der Waals surface area contributed by atoms with Crippen molar-refractivity contribution in [1.82, 2.24) is 0 Å². The maximum absolute atomic E-state index is 13.6. The topological polar surface area (TPSA) is 67.4 Å². The first-order chi connectivity index (χ1) is 18.7. The minimum Gasteiger partial charge on any atom is -0.496 e. The van der Waals surface area contributed by atoms with E-state index in [1.54, 1.807) is 6.07 Å². The number of rotatable bonds is 6. The van der Waals surface area contributed by atoms with Crippen LogP contribution in [0.15, 0.2) is 59.1 Å². The highest BCUT2D eigenvalue weighted by molar-refractivity contribution is 9.10. The van der Waals surface area contributed by atoms with Crippen LogP contribution in [-0.4, -0.2) is 18.9 Å². The molecule has 2 amide bonds. The van der Waals surface area contributed by atoms with E-state index < -0.39 is 47.5 Å². The minimum atomic E-state index is -5.00. The molecule has 14 heteroatoms. The van der Waals surface area contributed by atoms with Crippen LogP contribution in [0.3, 0.4) is 0 Å². The van der Waals surface area contributed by atoms with Crippen molar-refractivity contribution >= 4 is 60.5 Å². The van der Waals surface area contributed by atoms with E-state index in [2.05, 4.69) is 26.6 Å². The number of carbonyl (C=O) groups is 2. The number of ether oxygens (including phenoxy) is 1. The zero-order chi connectivity index (χ0) is 29.4. The van der Waals surface area contributed by atoms with Crippen molar-refractivity contribution in [2.24, 2.45) is 0 Å². The second-order valence-electron chi connectivity index (χ2n) is 8.33. The van der Waals surface area contributed by atoms with Crippen molar-refractivity contribution in [2.45, 2.75) is 18.8 Å². The average molecular weight is 649 g/mol. The van der Waals surface area contributed by atoms with Crippen molar-refractivity contribution in [2.75, 3.05) is 17.7 Å². The quantitative estimate of drug-likeness (QED) is 0.207. The second kappa shape index (κ2) is 11.1. The van der Waals surface area contributed by atoms with Gasteiger partial charge in [0.15, 0.2) is 0 Å². The molecule has 4 aromatic rings. The number of amides is 2. The van der Waals surface area contributed by atoms with Gasteiger partial charge in [0.05, 0.1) is 35.9 Å². The molecule has 1 aromatic heterocycles. The second-order valence-corrected chi connectivity index (χ2v) is 10.4. The zero-order valence-corrected chi connectivity index (χ0v) is 22.5. The van der Waals surface area contributed by atoms with Gasteiger partial charge in [-0.3, -0.25) is 9.59 Å². The molecule has 2 N–H and O–H groups in total. The first kappa shape index (κ1) is 29.3. The lowest BCUT2D eigenvalue weighted by Crippen LogP contribution is -2.18. The van der Waals surface area contributed by atoms with Gasteiger partial charge in [-0.05, 0) is 48.5 Å². The first-order valence-corrected chi connectivity index (χ1v) is 12.7. The third kappa shape index (κ3) is 6.39. The van der Waals surface area contributed by atoms with Crippen molar-refractivity contribution < 1.29 is 45.1 Å². The third-order valence-electron chi connectivity index (χ3n) is 5.61. The Morgan fingerprint density at radius 3 is 2.30 bits per heavy atom. The largest absolute Gasteiger partial charge is 0.496 e. The average Bonchev–Trinajstić information content (AvgIpc) is 3.19. The number of fused-ring (bicyclic) bond motifs is 1. The Kier molecular flexibility index (Phi) is 8.13. The summed E-state index contributed by atoms with van der Waals surface area (Å²) < 4.78 is 98.6. The molecule has 0 radical (unpaired) electrons. The van der Waals surface area contributed by atoms with Crippen LogP contribution in [0.25, 0.3) is 10.1 Å². The van der Waals surface area contributed by atoms with E-state index in [0.717, 1.165) is 35.6 Å². The summed E-state index contributed by atoms with van der Waals surface area (Å²) >= 11 is 4.05. The summed E-state index contributed by atoms with van der Waals surface area (Å²) in [5, 5.41) is 5.07. The Morgan fingerprint density at radius 1 is 0.925 bits per heavy atom. The molecule has 0 aliphatic rings. The Labute approximate surface area is 234 Å². The predicted molar refractivity (Wildman–Crippen MR) is 139 cm³/mol. The van der Waals surface area contributed by atoms with E-state index >= 15 is 0 Å². The van der Waals surface area contributed by atoms with Gasteiger partial charge in [0.25, 0.3) is 5.91 Å². The van der Waals surface area contributed by atoms with Crippen LogP contribution in [0.4, 0.5) is 42.1 Å². The van der Waals surface area contributed by atoms with Crippen molar-refractivity contribution in [1.29, 1.82) is 0 Å². The third-order valence-corrected chi connectivity index (χ3v) is 7.26. The number of nitrogens with one attached hydrogen (secondary N) is 2. The van der Waals surface area contributed by atoms with Gasteiger partial charge in [-0.2, -0.15) is 26.3 Å². The smallest absolute Gasteiger partial charge is 0.419 e. The van der Waals surface area contributed by atoms with E-state index in [-0.39, 0.29) is 37.7 Å². The summed E-state index contributed by atoms with van der Waals surface area (Å²) in [4.78, 5) is 26.1. The number of benzene rings is 3. The maximum Gasteiger partial charge on any atom is 0.419 e. The van der Waals surface area contributed by atoms with Crippen LogP contribution in [0, 0.1) is 5.82 Å².